The van der Waals surface area contributed by atoms with Gasteiger partial charge in [-0.05, 0) is 25.0 Å². The van der Waals surface area contributed by atoms with Crippen LogP contribution in [0.2, 0.25) is 0 Å². The van der Waals surface area contributed by atoms with Crippen molar-refractivity contribution in [2.45, 2.75) is 24.0 Å². The maximum Gasteiger partial charge on any atom is 0.273 e. The van der Waals surface area contributed by atoms with Gasteiger partial charge >= 0.3 is 0 Å². The molecule has 1 aliphatic carbocycles. The van der Waals surface area contributed by atoms with E-state index in [1.165, 1.54) is 10.6 Å². The average Bonchev–Trinajstić information content (AvgIpc) is 3.08. The zero-order valence-electron chi connectivity index (χ0n) is 10.1. The molecule has 0 unspecified atom stereocenters. The van der Waals surface area contributed by atoms with Crippen molar-refractivity contribution >= 4 is 10.0 Å². The third-order valence-corrected chi connectivity index (χ3v) is 3.80. The molecule has 1 heterocycles. The molecule has 3 rings (SSSR count). The van der Waals surface area contributed by atoms with Crippen LogP contribution in [-0.4, -0.2) is 23.2 Å². The summed E-state index contributed by atoms with van der Waals surface area (Å²) in [7, 11) is -4.11. The molecule has 1 aromatic carbocycles. The highest BCUT2D eigenvalue weighted by Gasteiger charge is 2.35. The van der Waals surface area contributed by atoms with E-state index in [-0.39, 0.29) is 11.9 Å². The Morgan fingerprint density at radius 3 is 2.30 bits per heavy atom. The third-order valence-electron chi connectivity index (χ3n) is 3.02. The van der Waals surface area contributed by atoms with E-state index < -0.39 is 32.4 Å². The molecule has 0 amide bonds. The Bertz CT molecular complexity index is 763. The Labute approximate surface area is 113 Å². The first-order valence-electron chi connectivity index (χ1n) is 5.81. The lowest BCUT2D eigenvalue weighted by Crippen LogP contribution is -2.18. The summed E-state index contributed by atoms with van der Waals surface area (Å²) < 4.78 is 51.7. The van der Waals surface area contributed by atoms with Gasteiger partial charge in [0.25, 0.3) is 15.2 Å². The summed E-state index contributed by atoms with van der Waals surface area (Å²) in [5, 5.41) is 11.7. The Balaban J connectivity index is 2.28. The van der Waals surface area contributed by atoms with E-state index in [4.69, 9.17) is 5.14 Å². The topological polar surface area (TPSA) is 90.9 Å². The maximum atomic E-state index is 13.8. The highest BCUT2D eigenvalue weighted by atomic mass is 32.2. The number of benzene rings is 1. The standard InChI is InChI=1S/C11H10F2N4O2S/c12-7-2-1-3-8(13)9(7)10-15-16-11(20(14,18)19)17(10)6-4-5-6/h1-3,6H,4-5H2,(H2,14,18,19). The van der Waals surface area contributed by atoms with Crippen molar-refractivity contribution in [3.63, 3.8) is 0 Å². The second-order valence-electron chi connectivity index (χ2n) is 4.55. The fourth-order valence-corrected chi connectivity index (χ4v) is 2.68. The van der Waals surface area contributed by atoms with Crippen LogP contribution in [0.5, 0.6) is 0 Å². The van der Waals surface area contributed by atoms with Crippen molar-refractivity contribution in [1.82, 2.24) is 14.8 Å². The molecule has 0 bridgehead atoms. The highest BCUT2D eigenvalue weighted by molar-refractivity contribution is 7.89. The Morgan fingerprint density at radius 1 is 1.20 bits per heavy atom. The minimum absolute atomic E-state index is 0.160. The van der Waals surface area contributed by atoms with Crippen molar-refractivity contribution in [2.75, 3.05) is 0 Å². The second-order valence-corrected chi connectivity index (χ2v) is 6.00. The predicted molar refractivity (Wildman–Crippen MR) is 65.0 cm³/mol. The molecule has 1 fully saturated rings. The Hall–Kier alpha value is -1.87. The van der Waals surface area contributed by atoms with Gasteiger partial charge in [-0.2, -0.15) is 0 Å². The van der Waals surface area contributed by atoms with Gasteiger partial charge in [0.1, 0.15) is 11.6 Å². The van der Waals surface area contributed by atoms with Gasteiger partial charge in [-0.3, -0.25) is 4.57 Å². The fraction of sp³-hybridized carbons (Fsp3) is 0.273. The first-order chi connectivity index (χ1) is 9.39. The van der Waals surface area contributed by atoms with Crippen LogP contribution >= 0.6 is 0 Å². The van der Waals surface area contributed by atoms with Gasteiger partial charge in [-0.25, -0.2) is 22.3 Å². The molecular weight excluding hydrogens is 290 g/mol. The van der Waals surface area contributed by atoms with Gasteiger partial charge in [0.15, 0.2) is 5.82 Å². The number of hydrogen-bond donors (Lipinski definition) is 1. The molecule has 0 radical (unpaired) electrons. The molecule has 20 heavy (non-hydrogen) atoms. The lowest BCUT2D eigenvalue weighted by atomic mass is 10.2. The SMILES string of the molecule is NS(=O)(=O)c1nnc(-c2c(F)cccc2F)n1C1CC1. The van der Waals surface area contributed by atoms with E-state index in [9.17, 15) is 17.2 Å². The zero-order chi connectivity index (χ0) is 14.5. The monoisotopic (exact) mass is 300 g/mol. The van der Waals surface area contributed by atoms with Crippen LogP contribution in [0.25, 0.3) is 11.4 Å². The molecule has 9 heteroatoms. The third kappa shape index (κ3) is 2.08. The minimum Gasteiger partial charge on any atom is -0.293 e. The van der Waals surface area contributed by atoms with E-state index in [1.807, 2.05) is 0 Å². The molecule has 0 spiro atoms. The molecular formula is C11H10F2N4O2S. The van der Waals surface area contributed by atoms with Crippen LogP contribution in [-0.2, 0) is 10.0 Å². The van der Waals surface area contributed by atoms with Gasteiger partial charge in [0.2, 0.25) is 0 Å². The van der Waals surface area contributed by atoms with E-state index in [0.717, 1.165) is 12.1 Å². The van der Waals surface area contributed by atoms with E-state index in [0.29, 0.717) is 12.8 Å². The molecule has 1 aromatic heterocycles. The summed E-state index contributed by atoms with van der Waals surface area (Å²) in [6.07, 6.45) is 1.37. The molecule has 1 aliphatic rings. The summed E-state index contributed by atoms with van der Waals surface area (Å²) in [6, 6.07) is 3.15. The number of nitrogens with two attached hydrogens (primary N) is 1. The second kappa shape index (κ2) is 4.32. The first kappa shape index (κ1) is 13.1. The van der Waals surface area contributed by atoms with Crippen LogP contribution in [0.4, 0.5) is 8.78 Å². The summed E-state index contributed by atoms with van der Waals surface area (Å²) >= 11 is 0. The lowest BCUT2D eigenvalue weighted by molar-refractivity contribution is 0.561. The van der Waals surface area contributed by atoms with Gasteiger partial charge in [0, 0.05) is 6.04 Å². The van der Waals surface area contributed by atoms with E-state index in [2.05, 4.69) is 10.2 Å². The van der Waals surface area contributed by atoms with E-state index >= 15 is 0 Å². The predicted octanol–water partition coefficient (Wildman–Crippen LogP) is 1.21. The molecule has 2 N–H and O–H groups in total. The van der Waals surface area contributed by atoms with Crippen LogP contribution in [0.1, 0.15) is 18.9 Å². The largest absolute Gasteiger partial charge is 0.293 e. The molecule has 2 aromatic rings. The van der Waals surface area contributed by atoms with Gasteiger partial charge in [-0.15, -0.1) is 10.2 Å². The molecule has 1 saturated carbocycles. The number of sulfonamides is 1. The summed E-state index contributed by atoms with van der Waals surface area (Å²) in [5.74, 6) is -1.83. The number of nitrogens with zero attached hydrogens (tertiary/aromatic N) is 3. The normalized spacial score (nSPS) is 15.6. The van der Waals surface area contributed by atoms with Gasteiger partial charge in [-0.1, -0.05) is 6.07 Å². The van der Waals surface area contributed by atoms with Crippen LogP contribution in [0, 0.1) is 11.6 Å². The number of primary sulfonamides is 1. The van der Waals surface area contributed by atoms with E-state index in [1.54, 1.807) is 0 Å². The number of aromatic nitrogens is 3. The maximum absolute atomic E-state index is 13.8. The average molecular weight is 300 g/mol. The van der Waals surface area contributed by atoms with Gasteiger partial charge < -0.3 is 0 Å². The minimum atomic E-state index is -4.11. The van der Waals surface area contributed by atoms with Gasteiger partial charge in [0.05, 0.1) is 5.56 Å². The van der Waals surface area contributed by atoms with Crippen LogP contribution in [0.15, 0.2) is 23.4 Å². The van der Waals surface area contributed by atoms with Crippen LogP contribution < -0.4 is 5.14 Å². The van der Waals surface area contributed by atoms with Crippen molar-refractivity contribution in [3.8, 4) is 11.4 Å². The van der Waals surface area contributed by atoms with Crippen molar-refractivity contribution in [3.05, 3.63) is 29.8 Å². The summed E-state index contributed by atoms with van der Waals surface area (Å²) in [5.41, 5.74) is -0.401. The van der Waals surface area contributed by atoms with Crippen molar-refractivity contribution < 1.29 is 17.2 Å². The molecule has 0 atom stereocenters. The number of rotatable bonds is 3. The summed E-state index contributed by atoms with van der Waals surface area (Å²) in [4.78, 5) is 0. The molecule has 0 aliphatic heterocycles. The molecule has 0 saturated heterocycles. The summed E-state index contributed by atoms with van der Waals surface area (Å²) in [6.45, 7) is 0. The Morgan fingerprint density at radius 2 is 1.80 bits per heavy atom. The van der Waals surface area contributed by atoms with Crippen molar-refractivity contribution in [1.29, 1.82) is 0 Å². The molecule has 106 valence electrons. The van der Waals surface area contributed by atoms with Crippen molar-refractivity contribution in [2.24, 2.45) is 5.14 Å². The quantitative estimate of drug-likeness (QED) is 0.922. The first-order valence-corrected chi connectivity index (χ1v) is 7.36. The zero-order valence-corrected chi connectivity index (χ0v) is 10.9. The Kier molecular flexibility index (Phi) is 2.83. The number of hydrogen-bond acceptors (Lipinski definition) is 4. The fourth-order valence-electron chi connectivity index (χ4n) is 2.01. The van der Waals surface area contributed by atoms with Crippen LogP contribution in [0.3, 0.4) is 0 Å². The lowest BCUT2D eigenvalue weighted by Gasteiger charge is -2.09. The number of halogens is 2. The highest BCUT2D eigenvalue weighted by Crippen LogP contribution is 2.40. The molecule has 6 nitrogen and oxygen atoms in total. The smallest absolute Gasteiger partial charge is 0.273 e.